The molecule has 2 heteroatoms. The Morgan fingerprint density at radius 3 is 0.841 bits per heavy atom. The van der Waals surface area contributed by atoms with Gasteiger partial charge in [-0.25, -0.2) is 0 Å². The van der Waals surface area contributed by atoms with Gasteiger partial charge in [0, 0.05) is 13.1 Å². The zero-order chi connectivity index (χ0) is 32.0. The van der Waals surface area contributed by atoms with Crippen LogP contribution in [0.25, 0.3) is 0 Å². The highest BCUT2D eigenvalue weighted by molar-refractivity contribution is 4.63. The first-order valence-electron chi connectivity index (χ1n) is 21.2. The minimum atomic E-state index is 0.817. The van der Waals surface area contributed by atoms with Gasteiger partial charge in [-0.3, -0.25) is 0 Å². The molecule has 0 heterocycles. The first-order valence-corrected chi connectivity index (χ1v) is 21.2. The lowest BCUT2D eigenvalue weighted by atomic mass is 9.89. The van der Waals surface area contributed by atoms with Gasteiger partial charge in [0.2, 0.25) is 0 Å². The Balaban J connectivity index is 3.84. The van der Waals surface area contributed by atoms with Crippen LogP contribution in [0.1, 0.15) is 239 Å². The molecule has 0 saturated carbocycles. The highest BCUT2D eigenvalue weighted by Crippen LogP contribution is 2.25. The molecule has 266 valence electrons. The molecular weight excluding hydrogens is 532 g/mol. The van der Waals surface area contributed by atoms with Crippen molar-refractivity contribution >= 4 is 0 Å². The van der Waals surface area contributed by atoms with Gasteiger partial charge < -0.3 is 10.6 Å². The van der Waals surface area contributed by atoms with Crippen LogP contribution in [0, 0.1) is 5.92 Å². The minimum absolute atomic E-state index is 0.817. The van der Waals surface area contributed by atoms with Gasteiger partial charge in [-0.2, -0.15) is 0 Å². The van der Waals surface area contributed by atoms with E-state index in [1.54, 1.807) is 0 Å². The van der Waals surface area contributed by atoms with Crippen molar-refractivity contribution in [3.05, 3.63) is 0 Å². The summed E-state index contributed by atoms with van der Waals surface area (Å²) >= 11 is 0. The summed E-state index contributed by atoms with van der Waals surface area (Å²) in [5.74, 6) is 1.01. The summed E-state index contributed by atoms with van der Waals surface area (Å²) in [6.07, 6.45) is 49.3. The maximum atomic E-state index is 5.97. The maximum Gasteiger partial charge on any atom is 0.0105 e. The van der Waals surface area contributed by atoms with Crippen LogP contribution in [0.15, 0.2) is 0 Å². The quantitative estimate of drug-likeness (QED) is 0.0693. The average molecular weight is 621 g/mol. The molecule has 0 amide bonds. The summed E-state index contributed by atoms with van der Waals surface area (Å²) in [6, 6.07) is 0. The van der Waals surface area contributed by atoms with Gasteiger partial charge in [0.15, 0.2) is 0 Å². The van der Waals surface area contributed by atoms with E-state index in [9.17, 15) is 0 Å². The number of unbranched alkanes of at least 4 members (excludes halogenated alkanes) is 27. The zero-order valence-corrected chi connectivity index (χ0v) is 31.5. The normalized spacial score (nSPS) is 11.9. The fraction of sp³-hybridized carbons (Fsp3) is 1.00. The number of nitrogens with two attached hydrogens (primary N) is 1. The van der Waals surface area contributed by atoms with Gasteiger partial charge in [-0.1, -0.05) is 226 Å². The molecule has 0 rings (SSSR count). The van der Waals surface area contributed by atoms with E-state index >= 15 is 0 Å². The fourth-order valence-corrected chi connectivity index (χ4v) is 7.21. The van der Waals surface area contributed by atoms with Crippen LogP contribution in [0.4, 0.5) is 0 Å². The predicted octanol–water partition coefficient (Wildman–Crippen LogP) is 14.2. The number of hydrogen-bond donors (Lipinski definition) is 1. The topological polar surface area (TPSA) is 29.3 Å². The van der Waals surface area contributed by atoms with E-state index < -0.39 is 0 Å². The lowest BCUT2D eigenvalue weighted by molar-refractivity contribution is 0.266. The largest absolute Gasteiger partial charge is 0.329 e. The molecule has 0 aliphatic heterocycles. The van der Waals surface area contributed by atoms with E-state index in [1.807, 2.05) is 0 Å². The van der Waals surface area contributed by atoms with Crippen LogP contribution in [0.3, 0.4) is 0 Å². The van der Waals surface area contributed by atoms with Gasteiger partial charge in [0.05, 0.1) is 0 Å². The smallest absolute Gasteiger partial charge is 0.0105 e. The number of hydrogen-bond acceptors (Lipinski definition) is 2. The average Bonchev–Trinajstić information content (AvgIpc) is 3.03. The summed E-state index contributed by atoms with van der Waals surface area (Å²) in [5.41, 5.74) is 5.97. The van der Waals surface area contributed by atoms with E-state index in [-0.39, 0.29) is 0 Å². The van der Waals surface area contributed by atoms with Crippen LogP contribution >= 0.6 is 0 Å². The van der Waals surface area contributed by atoms with E-state index in [4.69, 9.17) is 5.73 Å². The van der Waals surface area contributed by atoms with Gasteiger partial charge >= 0.3 is 0 Å². The molecule has 0 atom stereocenters. The van der Waals surface area contributed by atoms with Gasteiger partial charge in [-0.15, -0.1) is 0 Å². The third-order valence-corrected chi connectivity index (χ3v) is 10.3. The van der Waals surface area contributed by atoms with Crippen molar-refractivity contribution in [1.29, 1.82) is 0 Å². The first-order chi connectivity index (χ1) is 21.8. The number of rotatable bonds is 39. The Hall–Kier alpha value is -0.0800. The summed E-state index contributed by atoms with van der Waals surface area (Å²) < 4.78 is 0. The molecule has 0 aliphatic rings. The number of nitrogens with zero attached hydrogens (tertiary/aromatic N) is 1. The molecule has 0 spiro atoms. The Morgan fingerprint density at radius 2 is 0.568 bits per heavy atom. The van der Waals surface area contributed by atoms with Crippen molar-refractivity contribution in [1.82, 2.24) is 4.90 Å². The standard InChI is InChI=1S/C42H88N2/c1-4-7-10-13-16-17-18-19-20-21-22-23-28-33-39-44(41-38-43)40-34-29-24-27-32-37-42(35-30-25-14-11-8-5-2)36-31-26-15-12-9-6-3/h42H,4-41,43H2,1-3H3. The van der Waals surface area contributed by atoms with Crippen LogP contribution in [-0.2, 0) is 0 Å². The summed E-state index contributed by atoms with van der Waals surface area (Å²) in [7, 11) is 0. The highest BCUT2D eigenvalue weighted by atomic mass is 15.1. The minimum Gasteiger partial charge on any atom is -0.329 e. The van der Waals surface area contributed by atoms with Crippen LogP contribution in [-0.4, -0.2) is 31.1 Å². The molecule has 0 fully saturated rings. The third kappa shape index (κ3) is 34.8. The van der Waals surface area contributed by atoms with Crippen molar-refractivity contribution in [3.8, 4) is 0 Å². The van der Waals surface area contributed by atoms with Gasteiger partial charge in [0.25, 0.3) is 0 Å². The zero-order valence-electron chi connectivity index (χ0n) is 31.5. The second-order valence-electron chi connectivity index (χ2n) is 14.8. The van der Waals surface area contributed by atoms with E-state index in [2.05, 4.69) is 25.7 Å². The molecule has 0 unspecified atom stereocenters. The van der Waals surface area contributed by atoms with Crippen LogP contribution < -0.4 is 5.73 Å². The van der Waals surface area contributed by atoms with Crippen LogP contribution in [0.5, 0.6) is 0 Å². The van der Waals surface area contributed by atoms with Gasteiger partial charge in [0.1, 0.15) is 0 Å². The molecule has 0 aromatic carbocycles. The van der Waals surface area contributed by atoms with Crippen molar-refractivity contribution in [2.24, 2.45) is 11.7 Å². The maximum absolute atomic E-state index is 5.97. The SMILES string of the molecule is CCCCCCCCCCCCCCCCN(CCN)CCCCCCCC(CCCCCCCC)CCCCCCCC. The second-order valence-corrected chi connectivity index (χ2v) is 14.8. The van der Waals surface area contributed by atoms with Gasteiger partial charge in [-0.05, 0) is 31.8 Å². The molecule has 0 radical (unpaired) electrons. The third-order valence-electron chi connectivity index (χ3n) is 10.3. The fourth-order valence-electron chi connectivity index (χ4n) is 7.21. The van der Waals surface area contributed by atoms with Crippen molar-refractivity contribution in [2.45, 2.75) is 239 Å². The molecule has 0 aromatic rings. The second kappa shape index (κ2) is 39.1. The van der Waals surface area contributed by atoms with E-state index in [0.717, 1.165) is 19.0 Å². The Kier molecular flexibility index (Phi) is 39.0. The summed E-state index contributed by atoms with van der Waals surface area (Å²) in [4.78, 5) is 2.66. The van der Waals surface area contributed by atoms with E-state index in [0.29, 0.717) is 0 Å². The molecule has 2 N–H and O–H groups in total. The summed E-state index contributed by atoms with van der Waals surface area (Å²) in [5, 5.41) is 0. The molecule has 44 heavy (non-hydrogen) atoms. The molecular formula is C42H88N2. The van der Waals surface area contributed by atoms with Crippen molar-refractivity contribution in [2.75, 3.05) is 26.2 Å². The molecule has 0 aliphatic carbocycles. The Bertz CT molecular complexity index is 476. The predicted molar refractivity (Wildman–Crippen MR) is 203 cm³/mol. The first kappa shape index (κ1) is 43.9. The summed E-state index contributed by atoms with van der Waals surface area (Å²) in [6.45, 7) is 11.4. The molecule has 0 saturated heterocycles. The van der Waals surface area contributed by atoms with Crippen molar-refractivity contribution in [3.63, 3.8) is 0 Å². The van der Waals surface area contributed by atoms with Crippen LogP contribution in [0.2, 0.25) is 0 Å². The lowest BCUT2D eigenvalue weighted by Crippen LogP contribution is -2.31. The Labute approximate surface area is 281 Å². The monoisotopic (exact) mass is 621 g/mol. The van der Waals surface area contributed by atoms with Crippen molar-refractivity contribution < 1.29 is 0 Å². The lowest BCUT2D eigenvalue weighted by Gasteiger charge is -2.21. The molecule has 0 bridgehead atoms. The molecule has 2 nitrogen and oxygen atoms in total. The highest BCUT2D eigenvalue weighted by Gasteiger charge is 2.09. The van der Waals surface area contributed by atoms with E-state index in [1.165, 1.54) is 231 Å². The Morgan fingerprint density at radius 1 is 0.318 bits per heavy atom. The molecule has 0 aromatic heterocycles.